The summed E-state index contributed by atoms with van der Waals surface area (Å²) in [6.07, 6.45) is 2.58. The summed E-state index contributed by atoms with van der Waals surface area (Å²) in [5.41, 5.74) is 0.267. The van der Waals surface area contributed by atoms with Gasteiger partial charge < -0.3 is 9.47 Å². The number of ether oxygens (including phenoxy) is 2. The Morgan fingerprint density at radius 2 is 2.26 bits per heavy atom. The van der Waals surface area contributed by atoms with Crippen LogP contribution in [0.4, 0.5) is 5.69 Å². The summed E-state index contributed by atoms with van der Waals surface area (Å²) in [5.74, 6) is 0.342. The minimum atomic E-state index is -0.527. The second-order valence-corrected chi connectivity index (χ2v) is 5.13. The van der Waals surface area contributed by atoms with E-state index in [0.29, 0.717) is 10.3 Å². The summed E-state index contributed by atoms with van der Waals surface area (Å²) in [5, 5.41) is 21.7. The normalized spacial score (nSPS) is 11.1. The predicted molar refractivity (Wildman–Crippen MR) is 85.8 cm³/mol. The molecule has 1 heterocycles. The number of hydrogen-bond donors (Lipinski definition) is 1. The van der Waals surface area contributed by atoms with Crippen LogP contribution in [-0.2, 0) is 0 Å². The molecule has 0 atom stereocenters. The van der Waals surface area contributed by atoms with Crippen molar-refractivity contribution in [2.75, 3.05) is 7.11 Å². The lowest BCUT2D eigenvalue weighted by atomic mass is 10.2. The number of nitrogens with one attached hydrogen (secondary N) is 1. The fourth-order valence-electron chi connectivity index (χ4n) is 1.78. The average Bonchev–Trinajstić information content (AvgIpc) is 2.90. The highest BCUT2D eigenvalue weighted by atomic mass is 32.1. The maximum atomic E-state index is 11.3. The van der Waals surface area contributed by atoms with Crippen LogP contribution in [0.15, 0.2) is 23.6 Å². The van der Waals surface area contributed by atoms with Gasteiger partial charge in [0.15, 0.2) is 5.75 Å². The van der Waals surface area contributed by atoms with Gasteiger partial charge in [0.2, 0.25) is 10.5 Å². The van der Waals surface area contributed by atoms with Gasteiger partial charge in [0.1, 0.15) is 6.33 Å². The molecule has 2 rings (SSSR count). The van der Waals surface area contributed by atoms with E-state index < -0.39 is 4.92 Å². The molecular formula is C13H15N5O4S. The highest BCUT2D eigenvalue weighted by molar-refractivity contribution is 7.71. The lowest BCUT2D eigenvalue weighted by Crippen LogP contribution is -2.09. The van der Waals surface area contributed by atoms with Gasteiger partial charge in [0.05, 0.1) is 24.4 Å². The molecule has 0 spiro atoms. The van der Waals surface area contributed by atoms with Gasteiger partial charge in [-0.3, -0.25) is 15.2 Å². The minimum absolute atomic E-state index is 0.0876. The third-order valence-corrected chi connectivity index (χ3v) is 2.97. The maximum absolute atomic E-state index is 11.3. The van der Waals surface area contributed by atoms with Crippen molar-refractivity contribution < 1.29 is 14.4 Å². The summed E-state index contributed by atoms with van der Waals surface area (Å²) in [6, 6.07) is 2.95. The molecule has 0 fully saturated rings. The van der Waals surface area contributed by atoms with Crippen LogP contribution in [-0.4, -0.2) is 39.2 Å². The number of nitro groups is 1. The number of nitro benzene ring substituents is 1. The van der Waals surface area contributed by atoms with E-state index in [2.05, 4.69) is 15.3 Å². The van der Waals surface area contributed by atoms with Crippen LogP contribution in [0.3, 0.4) is 0 Å². The second kappa shape index (κ2) is 7.01. The van der Waals surface area contributed by atoms with Gasteiger partial charge in [-0.1, -0.05) is 0 Å². The lowest BCUT2D eigenvalue weighted by molar-refractivity contribution is -0.386. The van der Waals surface area contributed by atoms with Crippen molar-refractivity contribution in [3.05, 3.63) is 38.9 Å². The molecular weight excluding hydrogens is 322 g/mol. The molecule has 0 unspecified atom stereocenters. The quantitative estimate of drug-likeness (QED) is 0.375. The first kappa shape index (κ1) is 16.6. The fraction of sp³-hybridized carbons (Fsp3) is 0.308. The molecule has 0 aliphatic carbocycles. The average molecular weight is 337 g/mol. The minimum Gasteiger partial charge on any atom is -0.493 e. The molecule has 0 bridgehead atoms. The molecule has 2 aromatic rings. The van der Waals surface area contributed by atoms with Crippen LogP contribution >= 0.6 is 12.2 Å². The van der Waals surface area contributed by atoms with Crippen molar-refractivity contribution in [3.63, 3.8) is 0 Å². The van der Waals surface area contributed by atoms with Gasteiger partial charge in [-0.05, 0) is 32.1 Å². The van der Waals surface area contributed by atoms with Crippen molar-refractivity contribution in [3.8, 4) is 11.5 Å². The van der Waals surface area contributed by atoms with Gasteiger partial charge >= 0.3 is 5.69 Å². The van der Waals surface area contributed by atoms with Gasteiger partial charge in [0, 0.05) is 11.6 Å². The molecule has 10 heteroatoms. The zero-order valence-corrected chi connectivity index (χ0v) is 13.5. The van der Waals surface area contributed by atoms with E-state index in [9.17, 15) is 10.1 Å². The number of methoxy groups -OCH3 is 1. The van der Waals surface area contributed by atoms with Crippen molar-refractivity contribution in [2.45, 2.75) is 20.0 Å². The SMILES string of the molecule is COc1cc(/C=N\n2cn[nH]c2=S)cc([N+](=O)[O-])c1OC(C)C. The lowest BCUT2D eigenvalue weighted by Gasteiger charge is -2.14. The summed E-state index contributed by atoms with van der Waals surface area (Å²) >= 11 is 4.96. The molecule has 0 aliphatic rings. The third-order valence-electron chi connectivity index (χ3n) is 2.69. The van der Waals surface area contributed by atoms with Crippen LogP contribution in [0, 0.1) is 14.9 Å². The number of hydrogen-bond acceptors (Lipinski definition) is 7. The number of rotatable bonds is 6. The van der Waals surface area contributed by atoms with Crippen LogP contribution in [0.1, 0.15) is 19.4 Å². The maximum Gasteiger partial charge on any atom is 0.315 e. The number of nitrogens with zero attached hydrogens (tertiary/aromatic N) is 4. The summed E-state index contributed by atoms with van der Waals surface area (Å²) in [7, 11) is 1.42. The molecule has 1 N–H and O–H groups in total. The van der Waals surface area contributed by atoms with Crippen LogP contribution < -0.4 is 9.47 Å². The van der Waals surface area contributed by atoms with E-state index in [4.69, 9.17) is 21.7 Å². The van der Waals surface area contributed by atoms with Gasteiger partial charge in [-0.2, -0.15) is 14.9 Å². The van der Waals surface area contributed by atoms with Crippen molar-refractivity contribution >= 4 is 24.1 Å². The Balaban J connectivity index is 2.48. The standard InChI is InChI=1S/C13H15N5O4S/c1-8(2)22-12-10(18(19)20)4-9(5-11(12)21-3)6-15-17-7-14-16-13(17)23/h4-8H,1-3H3,(H,16,23)/b15-6-. The Bertz CT molecular complexity index is 796. The first-order valence-corrected chi connectivity index (χ1v) is 7.02. The monoisotopic (exact) mass is 337 g/mol. The van der Waals surface area contributed by atoms with Crippen molar-refractivity contribution in [2.24, 2.45) is 5.10 Å². The highest BCUT2D eigenvalue weighted by Crippen LogP contribution is 2.38. The van der Waals surface area contributed by atoms with Crippen LogP contribution in [0.5, 0.6) is 11.5 Å². The van der Waals surface area contributed by atoms with Crippen molar-refractivity contribution in [1.82, 2.24) is 14.9 Å². The molecule has 0 amide bonds. The first-order valence-electron chi connectivity index (χ1n) is 6.61. The van der Waals surface area contributed by atoms with E-state index in [1.165, 1.54) is 30.4 Å². The first-order chi connectivity index (χ1) is 10.9. The Morgan fingerprint density at radius 1 is 1.52 bits per heavy atom. The van der Waals surface area contributed by atoms with Crippen molar-refractivity contribution in [1.29, 1.82) is 0 Å². The third kappa shape index (κ3) is 3.92. The zero-order chi connectivity index (χ0) is 17.0. The van der Waals surface area contributed by atoms with Gasteiger partial charge in [-0.25, -0.2) is 0 Å². The van der Waals surface area contributed by atoms with Crippen LogP contribution in [0.2, 0.25) is 0 Å². The summed E-state index contributed by atoms with van der Waals surface area (Å²) in [4.78, 5) is 10.8. The fourth-order valence-corrected chi connectivity index (χ4v) is 1.92. The second-order valence-electron chi connectivity index (χ2n) is 4.75. The highest BCUT2D eigenvalue weighted by Gasteiger charge is 2.22. The smallest absolute Gasteiger partial charge is 0.315 e. The number of aromatic amines is 1. The molecule has 0 saturated carbocycles. The van der Waals surface area contributed by atoms with E-state index in [-0.39, 0.29) is 23.3 Å². The largest absolute Gasteiger partial charge is 0.493 e. The Labute approximate surface area is 136 Å². The summed E-state index contributed by atoms with van der Waals surface area (Å²) in [6.45, 7) is 3.55. The molecule has 122 valence electrons. The van der Waals surface area contributed by atoms with Crippen LogP contribution in [0.25, 0.3) is 0 Å². The van der Waals surface area contributed by atoms with E-state index in [0.717, 1.165) is 0 Å². The Morgan fingerprint density at radius 3 is 2.78 bits per heavy atom. The molecule has 23 heavy (non-hydrogen) atoms. The Kier molecular flexibility index (Phi) is 5.06. The molecule has 1 aromatic carbocycles. The summed E-state index contributed by atoms with van der Waals surface area (Å²) < 4.78 is 12.3. The van der Waals surface area contributed by atoms with Gasteiger partial charge in [0.25, 0.3) is 0 Å². The molecule has 0 saturated heterocycles. The number of aromatic nitrogens is 3. The number of benzene rings is 1. The topological polar surface area (TPSA) is 108 Å². The van der Waals surface area contributed by atoms with E-state index >= 15 is 0 Å². The zero-order valence-electron chi connectivity index (χ0n) is 12.7. The number of H-pyrrole nitrogens is 1. The van der Waals surface area contributed by atoms with E-state index in [1.807, 2.05) is 0 Å². The predicted octanol–water partition coefficient (Wildman–Crippen LogP) is 2.53. The Hall–Kier alpha value is -2.75. The molecule has 0 aliphatic heterocycles. The molecule has 9 nitrogen and oxygen atoms in total. The van der Waals surface area contributed by atoms with Gasteiger partial charge in [-0.15, -0.1) is 0 Å². The molecule has 0 radical (unpaired) electrons. The molecule has 1 aromatic heterocycles. The van der Waals surface area contributed by atoms with E-state index in [1.54, 1.807) is 19.9 Å².